The molecule has 0 radical (unpaired) electrons. The Morgan fingerprint density at radius 1 is 1.00 bits per heavy atom. The van der Waals surface area contributed by atoms with Crippen LogP contribution >= 0.6 is 0 Å². The molecular formula is C21H39NO3. The highest BCUT2D eigenvalue weighted by Gasteiger charge is 2.44. The van der Waals surface area contributed by atoms with Gasteiger partial charge in [0.05, 0.1) is 0 Å². The molecule has 4 nitrogen and oxygen atoms in total. The van der Waals surface area contributed by atoms with Gasteiger partial charge in [-0.15, -0.1) is 0 Å². The van der Waals surface area contributed by atoms with Crippen molar-refractivity contribution in [3.8, 4) is 0 Å². The molecule has 0 heterocycles. The van der Waals surface area contributed by atoms with Crippen LogP contribution in [-0.4, -0.2) is 17.5 Å². The van der Waals surface area contributed by atoms with Crippen molar-refractivity contribution in [2.75, 3.05) is 0 Å². The third-order valence-corrected chi connectivity index (χ3v) is 5.02. The highest BCUT2D eigenvalue weighted by molar-refractivity contribution is 5.89. The van der Waals surface area contributed by atoms with Crippen LogP contribution in [0.5, 0.6) is 0 Å². The first kappa shape index (κ1) is 23.7. The Hall–Kier alpha value is -1.32. The number of amides is 1. The van der Waals surface area contributed by atoms with E-state index in [0.717, 1.165) is 31.8 Å². The minimum atomic E-state index is -1.21. The quantitative estimate of drug-likeness (QED) is 0.233. The molecule has 0 bridgehead atoms. The van der Waals surface area contributed by atoms with Crippen molar-refractivity contribution in [3.63, 3.8) is 0 Å². The van der Waals surface area contributed by atoms with Crippen LogP contribution in [0.25, 0.3) is 0 Å². The Morgan fingerprint density at radius 3 is 1.96 bits per heavy atom. The van der Waals surface area contributed by atoms with Gasteiger partial charge >= 0.3 is 5.97 Å². The number of ether oxygens (including phenoxy) is 1. The minimum absolute atomic E-state index is 0.0848. The number of carbonyl (C=O) groups is 2. The highest BCUT2D eigenvalue weighted by Crippen LogP contribution is 2.32. The summed E-state index contributed by atoms with van der Waals surface area (Å²) >= 11 is 0. The van der Waals surface area contributed by atoms with Gasteiger partial charge in [-0.25, -0.2) is 4.79 Å². The smallest absolute Gasteiger partial charge is 0.331 e. The third-order valence-electron chi connectivity index (χ3n) is 5.02. The van der Waals surface area contributed by atoms with E-state index in [2.05, 4.69) is 13.5 Å². The van der Waals surface area contributed by atoms with E-state index >= 15 is 0 Å². The predicted octanol–water partition coefficient (Wildman–Crippen LogP) is 5.30. The van der Waals surface area contributed by atoms with Crippen LogP contribution in [0.2, 0.25) is 0 Å². The van der Waals surface area contributed by atoms with Crippen molar-refractivity contribution in [2.24, 2.45) is 11.7 Å². The molecule has 2 unspecified atom stereocenters. The largest absolute Gasteiger partial charge is 0.446 e. The fourth-order valence-corrected chi connectivity index (χ4v) is 3.40. The maximum Gasteiger partial charge on any atom is 0.331 e. The van der Waals surface area contributed by atoms with Crippen molar-refractivity contribution in [1.29, 1.82) is 0 Å². The number of rotatable bonds is 16. The average Bonchev–Trinajstić information content (AvgIpc) is 2.59. The standard InChI is InChI=1S/C21H39NO3/c1-5-8-9-10-11-12-13-14-15-16-18(4)21(17-6-2,20(22)24)25-19(23)7-3/h7,18H,3,5-6,8-17H2,1-2,4H3,(H2,22,24). The number of hydrogen-bond donors (Lipinski definition) is 1. The second-order valence-corrected chi connectivity index (χ2v) is 7.15. The van der Waals surface area contributed by atoms with Crippen molar-refractivity contribution in [3.05, 3.63) is 12.7 Å². The second-order valence-electron chi connectivity index (χ2n) is 7.15. The Kier molecular flexibility index (Phi) is 13.2. The molecule has 0 saturated carbocycles. The summed E-state index contributed by atoms with van der Waals surface area (Å²) in [5.41, 5.74) is 4.41. The molecule has 0 saturated heterocycles. The summed E-state index contributed by atoms with van der Waals surface area (Å²) in [5.74, 6) is -1.21. The van der Waals surface area contributed by atoms with E-state index in [0.29, 0.717) is 6.42 Å². The van der Waals surface area contributed by atoms with Crippen LogP contribution in [0, 0.1) is 5.92 Å². The molecule has 1 amide bonds. The molecule has 0 aliphatic heterocycles. The molecule has 0 aromatic carbocycles. The summed E-state index contributed by atoms with van der Waals surface area (Å²) < 4.78 is 5.45. The van der Waals surface area contributed by atoms with E-state index in [-0.39, 0.29) is 5.92 Å². The number of primary amides is 1. The van der Waals surface area contributed by atoms with Crippen molar-refractivity contribution in [1.82, 2.24) is 0 Å². The Morgan fingerprint density at radius 2 is 1.52 bits per heavy atom. The van der Waals surface area contributed by atoms with Gasteiger partial charge in [-0.05, 0) is 12.8 Å². The van der Waals surface area contributed by atoms with Gasteiger partial charge in [0.15, 0.2) is 5.60 Å². The maximum absolute atomic E-state index is 12.1. The lowest BCUT2D eigenvalue weighted by molar-refractivity contribution is -0.170. The van der Waals surface area contributed by atoms with Crippen molar-refractivity contribution < 1.29 is 14.3 Å². The van der Waals surface area contributed by atoms with Gasteiger partial charge < -0.3 is 10.5 Å². The summed E-state index contributed by atoms with van der Waals surface area (Å²) in [6.45, 7) is 9.58. The van der Waals surface area contributed by atoms with Gasteiger partial charge in [0.25, 0.3) is 5.91 Å². The fourth-order valence-electron chi connectivity index (χ4n) is 3.40. The number of unbranched alkanes of at least 4 members (excludes halogenated alkanes) is 8. The SMILES string of the molecule is C=CC(=O)OC(CCC)(C(N)=O)C(C)CCCCCCCCCCC. The van der Waals surface area contributed by atoms with Gasteiger partial charge in [0.2, 0.25) is 0 Å². The Labute approximate surface area is 154 Å². The molecule has 0 fully saturated rings. The van der Waals surface area contributed by atoms with Crippen molar-refractivity contribution >= 4 is 11.9 Å². The summed E-state index contributed by atoms with van der Waals surface area (Å²) in [5, 5.41) is 0. The van der Waals surface area contributed by atoms with E-state index in [1.807, 2.05) is 13.8 Å². The van der Waals surface area contributed by atoms with Crippen LogP contribution in [0.15, 0.2) is 12.7 Å². The molecule has 2 atom stereocenters. The van der Waals surface area contributed by atoms with Gasteiger partial charge in [-0.2, -0.15) is 0 Å². The number of esters is 1. The second kappa shape index (κ2) is 13.9. The molecular weight excluding hydrogens is 314 g/mol. The lowest BCUT2D eigenvalue weighted by atomic mass is 9.80. The Balaban J connectivity index is 4.34. The molecule has 0 aliphatic rings. The van der Waals surface area contributed by atoms with E-state index in [9.17, 15) is 9.59 Å². The normalized spacial score (nSPS) is 14.5. The number of hydrogen-bond acceptors (Lipinski definition) is 3. The van der Waals surface area contributed by atoms with Gasteiger partial charge in [0.1, 0.15) is 0 Å². The van der Waals surface area contributed by atoms with Crippen LogP contribution in [-0.2, 0) is 14.3 Å². The lowest BCUT2D eigenvalue weighted by Crippen LogP contribution is -2.52. The molecule has 0 aliphatic carbocycles. The summed E-state index contributed by atoms with van der Waals surface area (Å²) in [6.07, 6.45) is 14.4. The molecule has 4 heteroatoms. The lowest BCUT2D eigenvalue weighted by Gasteiger charge is -2.35. The molecule has 2 N–H and O–H groups in total. The monoisotopic (exact) mass is 353 g/mol. The molecule has 0 rings (SSSR count). The van der Waals surface area contributed by atoms with Gasteiger partial charge in [-0.3, -0.25) is 4.79 Å². The molecule has 0 aromatic heterocycles. The fraction of sp³-hybridized carbons (Fsp3) is 0.810. The van der Waals surface area contributed by atoms with Crippen LogP contribution in [0.1, 0.15) is 97.8 Å². The zero-order valence-electron chi connectivity index (χ0n) is 16.6. The van der Waals surface area contributed by atoms with Gasteiger partial charge in [-0.1, -0.05) is 91.6 Å². The van der Waals surface area contributed by atoms with Gasteiger partial charge in [0, 0.05) is 12.0 Å². The van der Waals surface area contributed by atoms with Crippen LogP contribution in [0.3, 0.4) is 0 Å². The summed E-state index contributed by atoms with van der Waals surface area (Å²) in [6, 6.07) is 0. The van der Waals surface area contributed by atoms with E-state index in [4.69, 9.17) is 10.5 Å². The summed E-state index contributed by atoms with van der Waals surface area (Å²) in [4.78, 5) is 23.8. The number of nitrogens with two attached hydrogens (primary N) is 1. The Bertz CT molecular complexity index is 395. The topological polar surface area (TPSA) is 69.4 Å². The maximum atomic E-state index is 12.1. The highest BCUT2D eigenvalue weighted by atomic mass is 16.6. The predicted molar refractivity (Wildman–Crippen MR) is 104 cm³/mol. The third kappa shape index (κ3) is 9.08. The van der Waals surface area contributed by atoms with Crippen molar-refractivity contribution in [2.45, 2.75) is 103 Å². The van der Waals surface area contributed by atoms with Crippen LogP contribution in [0.4, 0.5) is 0 Å². The molecule has 25 heavy (non-hydrogen) atoms. The minimum Gasteiger partial charge on any atom is -0.446 e. The van der Waals surface area contributed by atoms with E-state index in [1.165, 1.54) is 44.9 Å². The number of carbonyl (C=O) groups excluding carboxylic acids is 2. The molecule has 0 aromatic rings. The van der Waals surface area contributed by atoms with E-state index < -0.39 is 17.5 Å². The first-order valence-electron chi connectivity index (χ1n) is 10.1. The zero-order chi connectivity index (χ0) is 19.1. The molecule has 146 valence electrons. The first-order valence-corrected chi connectivity index (χ1v) is 10.1. The first-order chi connectivity index (χ1) is 11.9. The van der Waals surface area contributed by atoms with Crippen LogP contribution < -0.4 is 5.73 Å². The average molecular weight is 354 g/mol. The van der Waals surface area contributed by atoms with E-state index in [1.54, 1.807) is 0 Å². The summed E-state index contributed by atoms with van der Waals surface area (Å²) in [7, 11) is 0. The zero-order valence-corrected chi connectivity index (χ0v) is 16.6. The molecule has 0 spiro atoms.